The molecule has 0 aliphatic carbocycles. The first-order valence-corrected chi connectivity index (χ1v) is 10.1. The normalized spacial score (nSPS) is 15.9. The molecule has 5 rings (SSSR count). The van der Waals surface area contributed by atoms with E-state index in [1.54, 1.807) is 13.2 Å². The fraction of sp³-hybridized carbons (Fsp3) is 0.261. The Morgan fingerprint density at radius 1 is 1.13 bits per heavy atom. The third-order valence-electron chi connectivity index (χ3n) is 5.35. The molecule has 0 bridgehead atoms. The summed E-state index contributed by atoms with van der Waals surface area (Å²) in [6.07, 6.45) is 2.76. The van der Waals surface area contributed by atoms with E-state index in [4.69, 9.17) is 14.2 Å². The maximum Gasteiger partial charge on any atom is 0.230 e. The molecule has 4 aromatic rings. The average Bonchev–Trinajstić information content (AvgIpc) is 3.35. The van der Waals surface area contributed by atoms with Crippen LogP contribution in [0.2, 0.25) is 0 Å². The molecule has 1 amide bonds. The highest BCUT2D eigenvalue weighted by atomic mass is 16.5. The zero-order valence-corrected chi connectivity index (χ0v) is 17.3. The van der Waals surface area contributed by atoms with Gasteiger partial charge in [-0.3, -0.25) is 4.79 Å². The molecule has 0 radical (unpaired) electrons. The Morgan fingerprint density at radius 3 is 2.84 bits per heavy atom. The van der Waals surface area contributed by atoms with Crippen LogP contribution in [0.1, 0.15) is 18.5 Å². The van der Waals surface area contributed by atoms with Gasteiger partial charge < -0.3 is 24.5 Å². The highest BCUT2D eigenvalue weighted by Crippen LogP contribution is 2.36. The number of benzene rings is 2. The van der Waals surface area contributed by atoms with E-state index in [-0.39, 0.29) is 11.9 Å². The van der Waals surface area contributed by atoms with Crippen LogP contribution in [0.4, 0.5) is 0 Å². The van der Waals surface area contributed by atoms with Gasteiger partial charge >= 0.3 is 0 Å². The fourth-order valence-corrected chi connectivity index (χ4v) is 3.82. The standard InChI is InChI=1S/C23H22N4O4/c1-13-7-14-8-16(4-5-18(14)26-13)31-23-17-9-20(29-2)21(10-19(17)24-12-25-23)30-11-15-3-6-22(28)27-15/h4-5,7-10,12,15,26H,3,6,11H2,1-2H3,(H,27,28)/t15-/m1/s1. The average molecular weight is 418 g/mol. The van der Waals surface area contributed by atoms with Crippen LogP contribution < -0.4 is 19.5 Å². The summed E-state index contributed by atoms with van der Waals surface area (Å²) >= 11 is 0. The number of amides is 1. The molecule has 1 aliphatic heterocycles. The van der Waals surface area contributed by atoms with E-state index in [1.807, 2.05) is 31.2 Å². The van der Waals surface area contributed by atoms with Gasteiger partial charge in [-0.25, -0.2) is 9.97 Å². The number of H-pyrrole nitrogens is 1. The number of aryl methyl sites for hydroxylation is 1. The van der Waals surface area contributed by atoms with Crippen molar-refractivity contribution in [1.29, 1.82) is 0 Å². The molecule has 1 saturated heterocycles. The van der Waals surface area contributed by atoms with Crippen LogP contribution in [0.5, 0.6) is 23.1 Å². The van der Waals surface area contributed by atoms with Crippen LogP contribution in [0, 0.1) is 6.92 Å². The smallest absolute Gasteiger partial charge is 0.230 e. The first kappa shape index (κ1) is 19.2. The zero-order chi connectivity index (χ0) is 21.4. The second-order valence-electron chi connectivity index (χ2n) is 7.62. The number of nitrogens with one attached hydrogen (secondary N) is 2. The van der Waals surface area contributed by atoms with Gasteiger partial charge in [-0.2, -0.15) is 0 Å². The molecule has 1 aliphatic rings. The van der Waals surface area contributed by atoms with Crippen molar-refractivity contribution in [2.75, 3.05) is 13.7 Å². The van der Waals surface area contributed by atoms with Gasteiger partial charge in [-0.05, 0) is 43.7 Å². The monoisotopic (exact) mass is 418 g/mol. The van der Waals surface area contributed by atoms with Gasteiger partial charge in [0.2, 0.25) is 11.8 Å². The van der Waals surface area contributed by atoms with Gasteiger partial charge in [0.15, 0.2) is 11.5 Å². The highest BCUT2D eigenvalue weighted by Gasteiger charge is 2.22. The predicted molar refractivity (Wildman–Crippen MR) is 116 cm³/mol. The molecule has 31 heavy (non-hydrogen) atoms. The molecule has 2 aromatic carbocycles. The van der Waals surface area contributed by atoms with Gasteiger partial charge in [0.05, 0.1) is 24.1 Å². The van der Waals surface area contributed by atoms with Crippen LogP contribution in [0.3, 0.4) is 0 Å². The quantitative estimate of drug-likeness (QED) is 0.493. The molecule has 2 N–H and O–H groups in total. The lowest BCUT2D eigenvalue weighted by Crippen LogP contribution is -2.30. The van der Waals surface area contributed by atoms with Gasteiger partial charge in [-0.15, -0.1) is 0 Å². The van der Waals surface area contributed by atoms with Crippen LogP contribution in [0.15, 0.2) is 42.7 Å². The number of aromatic amines is 1. The minimum atomic E-state index is 0.00387. The molecule has 0 unspecified atom stereocenters. The molecule has 1 fully saturated rings. The second-order valence-corrected chi connectivity index (χ2v) is 7.62. The molecule has 158 valence electrons. The predicted octanol–water partition coefficient (Wildman–Crippen LogP) is 3.88. The Bertz CT molecular complexity index is 1280. The molecule has 8 heteroatoms. The van der Waals surface area contributed by atoms with Crippen LogP contribution >= 0.6 is 0 Å². The summed E-state index contributed by atoms with van der Waals surface area (Å²) in [4.78, 5) is 23.4. The molecular weight excluding hydrogens is 396 g/mol. The highest BCUT2D eigenvalue weighted by molar-refractivity contribution is 5.87. The Balaban J connectivity index is 1.44. The van der Waals surface area contributed by atoms with Crippen molar-refractivity contribution in [2.45, 2.75) is 25.8 Å². The number of carbonyl (C=O) groups excluding carboxylic acids is 1. The second kappa shape index (κ2) is 7.79. The lowest BCUT2D eigenvalue weighted by Gasteiger charge is -2.15. The molecular formula is C23H22N4O4. The Kier molecular flexibility index (Phi) is 4.82. The van der Waals surface area contributed by atoms with Crippen molar-refractivity contribution in [3.63, 3.8) is 0 Å². The minimum absolute atomic E-state index is 0.00387. The first-order chi connectivity index (χ1) is 15.1. The van der Waals surface area contributed by atoms with E-state index < -0.39 is 0 Å². The van der Waals surface area contributed by atoms with E-state index >= 15 is 0 Å². The molecule has 0 saturated carbocycles. The van der Waals surface area contributed by atoms with Crippen LogP contribution in [-0.2, 0) is 4.79 Å². The van der Waals surface area contributed by atoms with E-state index in [1.165, 1.54) is 6.33 Å². The van der Waals surface area contributed by atoms with Crippen molar-refractivity contribution in [2.24, 2.45) is 0 Å². The number of methoxy groups -OCH3 is 1. The number of hydrogen-bond donors (Lipinski definition) is 2. The number of carbonyl (C=O) groups is 1. The lowest BCUT2D eigenvalue weighted by atomic mass is 10.2. The summed E-state index contributed by atoms with van der Waals surface area (Å²) in [5.74, 6) is 2.28. The van der Waals surface area contributed by atoms with Crippen LogP contribution in [-0.4, -0.2) is 40.6 Å². The van der Waals surface area contributed by atoms with Crippen molar-refractivity contribution in [3.05, 3.63) is 48.4 Å². The summed E-state index contributed by atoms with van der Waals surface area (Å²) in [5.41, 5.74) is 2.82. The van der Waals surface area contributed by atoms with Gasteiger partial charge in [0, 0.05) is 29.1 Å². The van der Waals surface area contributed by atoms with Crippen LogP contribution in [0.25, 0.3) is 21.8 Å². The first-order valence-electron chi connectivity index (χ1n) is 10.1. The fourth-order valence-electron chi connectivity index (χ4n) is 3.82. The number of hydrogen-bond acceptors (Lipinski definition) is 6. The number of rotatable bonds is 6. The maximum absolute atomic E-state index is 11.4. The van der Waals surface area contributed by atoms with Crippen molar-refractivity contribution in [3.8, 4) is 23.1 Å². The third kappa shape index (κ3) is 3.84. The van der Waals surface area contributed by atoms with E-state index in [0.717, 1.165) is 23.0 Å². The molecule has 8 nitrogen and oxygen atoms in total. The summed E-state index contributed by atoms with van der Waals surface area (Å²) in [5, 5.41) is 4.68. The van der Waals surface area contributed by atoms with Gasteiger partial charge in [-0.1, -0.05) is 0 Å². The van der Waals surface area contributed by atoms with E-state index in [0.29, 0.717) is 47.1 Å². The lowest BCUT2D eigenvalue weighted by molar-refractivity contribution is -0.119. The molecule has 3 heterocycles. The molecule has 1 atom stereocenters. The SMILES string of the molecule is COc1cc2c(Oc3ccc4[nH]c(C)cc4c3)ncnc2cc1OC[C@H]1CCC(=O)N1. The van der Waals surface area contributed by atoms with Crippen molar-refractivity contribution in [1.82, 2.24) is 20.3 Å². The third-order valence-corrected chi connectivity index (χ3v) is 5.35. The van der Waals surface area contributed by atoms with Crippen molar-refractivity contribution < 1.29 is 19.0 Å². The minimum Gasteiger partial charge on any atom is -0.493 e. The Labute approximate surface area is 178 Å². The van der Waals surface area contributed by atoms with Gasteiger partial charge in [0.1, 0.15) is 18.7 Å². The van der Waals surface area contributed by atoms with E-state index in [9.17, 15) is 4.79 Å². The molecule has 0 spiro atoms. The number of fused-ring (bicyclic) bond motifs is 2. The summed E-state index contributed by atoms with van der Waals surface area (Å²) in [7, 11) is 1.58. The summed E-state index contributed by atoms with van der Waals surface area (Å²) in [6, 6.07) is 11.5. The Morgan fingerprint density at radius 2 is 2.03 bits per heavy atom. The maximum atomic E-state index is 11.4. The zero-order valence-electron chi connectivity index (χ0n) is 17.3. The van der Waals surface area contributed by atoms with Crippen molar-refractivity contribution >= 4 is 27.7 Å². The number of nitrogens with zero attached hydrogens (tertiary/aromatic N) is 2. The van der Waals surface area contributed by atoms with Gasteiger partial charge in [0.25, 0.3) is 0 Å². The molecule has 2 aromatic heterocycles. The summed E-state index contributed by atoms with van der Waals surface area (Å²) in [6.45, 7) is 2.39. The van der Waals surface area contributed by atoms with E-state index in [2.05, 4.69) is 26.3 Å². The number of aromatic nitrogens is 3. The Hall–Kier alpha value is -3.81. The largest absolute Gasteiger partial charge is 0.493 e. The topological polar surface area (TPSA) is 98.4 Å². The number of ether oxygens (including phenoxy) is 3. The summed E-state index contributed by atoms with van der Waals surface area (Å²) < 4.78 is 17.6.